The van der Waals surface area contributed by atoms with Gasteiger partial charge in [0.25, 0.3) is 0 Å². The van der Waals surface area contributed by atoms with E-state index in [1.165, 1.54) is 0 Å². The highest BCUT2D eigenvalue weighted by molar-refractivity contribution is 5.98. The molecule has 0 spiro atoms. The van der Waals surface area contributed by atoms with E-state index in [9.17, 15) is 4.79 Å². The fourth-order valence-electron chi connectivity index (χ4n) is 2.81. The first kappa shape index (κ1) is 12.5. The van der Waals surface area contributed by atoms with Crippen molar-refractivity contribution in [3.05, 3.63) is 23.8 Å². The highest BCUT2D eigenvalue weighted by Crippen LogP contribution is 2.33. The molecule has 1 aromatic carbocycles. The van der Waals surface area contributed by atoms with Crippen LogP contribution in [0, 0.1) is 5.92 Å². The van der Waals surface area contributed by atoms with Crippen LogP contribution in [0.1, 0.15) is 36.0 Å². The number of carbonyl (C=O) groups is 1. The molecule has 0 amide bonds. The first-order valence-electron chi connectivity index (χ1n) is 6.93. The molecule has 2 N–H and O–H groups in total. The van der Waals surface area contributed by atoms with Gasteiger partial charge in [-0.05, 0) is 43.9 Å². The largest absolute Gasteiger partial charge is 0.486 e. The number of benzene rings is 1. The third-order valence-electron chi connectivity index (χ3n) is 3.97. The van der Waals surface area contributed by atoms with Crippen molar-refractivity contribution >= 4 is 5.78 Å². The van der Waals surface area contributed by atoms with Crippen molar-refractivity contribution in [2.24, 2.45) is 11.7 Å². The number of Topliss-reactive ketones (excluding diaryl/α,β-unsaturated/α-hetero) is 1. The lowest BCUT2D eigenvalue weighted by molar-refractivity contribution is 0.0883. The van der Waals surface area contributed by atoms with Crippen molar-refractivity contribution in [2.75, 3.05) is 13.2 Å². The van der Waals surface area contributed by atoms with Crippen molar-refractivity contribution in [3.63, 3.8) is 0 Å². The lowest BCUT2D eigenvalue weighted by Crippen LogP contribution is -2.29. The Labute approximate surface area is 112 Å². The SMILES string of the molecule is NC1CCC(C(=O)c2ccc3c(c2)OCCO3)CC1. The smallest absolute Gasteiger partial charge is 0.166 e. The summed E-state index contributed by atoms with van der Waals surface area (Å²) < 4.78 is 11.0. The summed E-state index contributed by atoms with van der Waals surface area (Å²) >= 11 is 0. The van der Waals surface area contributed by atoms with Gasteiger partial charge in [-0.25, -0.2) is 0 Å². The number of ether oxygens (including phenoxy) is 2. The van der Waals surface area contributed by atoms with Gasteiger partial charge in [0.2, 0.25) is 0 Å². The zero-order chi connectivity index (χ0) is 13.2. The van der Waals surface area contributed by atoms with E-state index in [1.807, 2.05) is 18.2 Å². The van der Waals surface area contributed by atoms with Gasteiger partial charge in [0.1, 0.15) is 13.2 Å². The number of hydrogen-bond donors (Lipinski definition) is 1. The van der Waals surface area contributed by atoms with Crippen LogP contribution in [0.15, 0.2) is 18.2 Å². The molecule has 0 bridgehead atoms. The van der Waals surface area contributed by atoms with E-state index in [0.717, 1.165) is 37.0 Å². The summed E-state index contributed by atoms with van der Waals surface area (Å²) in [4.78, 5) is 12.5. The van der Waals surface area contributed by atoms with Gasteiger partial charge in [0, 0.05) is 17.5 Å². The Hall–Kier alpha value is -1.55. The predicted octanol–water partition coefficient (Wildman–Crippen LogP) is 2.16. The van der Waals surface area contributed by atoms with Crippen LogP contribution >= 0.6 is 0 Å². The van der Waals surface area contributed by atoms with E-state index in [2.05, 4.69) is 0 Å². The molecule has 1 heterocycles. The lowest BCUT2D eigenvalue weighted by atomic mass is 9.82. The van der Waals surface area contributed by atoms with Gasteiger partial charge in [-0.3, -0.25) is 4.79 Å². The minimum absolute atomic E-state index is 0.113. The maximum Gasteiger partial charge on any atom is 0.166 e. The van der Waals surface area contributed by atoms with Crippen LogP contribution in [0.2, 0.25) is 0 Å². The number of fused-ring (bicyclic) bond motifs is 1. The highest BCUT2D eigenvalue weighted by atomic mass is 16.6. The van der Waals surface area contributed by atoms with Crippen molar-refractivity contribution in [1.29, 1.82) is 0 Å². The number of hydrogen-bond acceptors (Lipinski definition) is 4. The first-order valence-corrected chi connectivity index (χ1v) is 6.93. The fourth-order valence-corrected chi connectivity index (χ4v) is 2.81. The Morgan fingerprint density at radius 1 is 1.05 bits per heavy atom. The van der Waals surface area contributed by atoms with Gasteiger partial charge in [-0.2, -0.15) is 0 Å². The molecule has 1 aromatic rings. The summed E-state index contributed by atoms with van der Waals surface area (Å²) in [6, 6.07) is 5.75. The molecular weight excluding hydrogens is 242 g/mol. The first-order chi connectivity index (χ1) is 9.24. The Balaban J connectivity index is 1.76. The predicted molar refractivity (Wildman–Crippen MR) is 71.7 cm³/mol. The molecule has 1 saturated carbocycles. The van der Waals surface area contributed by atoms with Crippen molar-refractivity contribution in [1.82, 2.24) is 0 Å². The van der Waals surface area contributed by atoms with Crippen LogP contribution in [0.25, 0.3) is 0 Å². The van der Waals surface area contributed by atoms with E-state index in [0.29, 0.717) is 19.0 Å². The second-order valence-corrected chi connectivity index (χ2v) is 5.33. The van der Waals surface area contributed by atoms with Gasteiger partial charge >= 0.3 is 0 Å². The molecule has 0 radical (unpaired) electrons. The molecule has 102 valence electrons. The summed E-state index contributed by atoms with van der Waals surface area (Å²) in [5.74, 6) is 1.74. The average molecular weight is 261 g/mol. The number of carbonyl (C=O) groups excluding carboxylic acids is 1. The van der Waals surface area contributed by atoms with Crippen LogP contribution in [-0.4, -0.2) is 25.0 Å². The minimum Gasteiger partial charge on any atom is -0.486 e. The zero-order valence-corrected chi connectivity index (χ0v) is 10.9. The Kier molecular flexibility index (Phi) is 3.42. The van der Waals surface area contributed by atoms with Gasteiger partial charge in [-0.15, -0.1) is 0 Å². The maximum atomic E-state index is 12.5. The van der Waals surface area contributed by atoms with E-state index in [4.69, 9.17) is 15.2 Å². The molecule has 4 nitrogen and oxygen atoms in total. The second-order valence-electron chi connectivity index (χ2n) is 5.33. The molecule has 4 heteroatoms. The molecule has 0 unspecified atom stereocenters. The normalized spacial score (nSPS) is 25.9. The molecule has 2 aliphatic rings. The van der Waals surface area contributed by atoms with E-state index in [-0.39, 0.29) is 17.7 Å². The summed E-state index contributed by atoms with van der Waals surface area (Å²) in [7, 11) is 0. The Morgan fingerprint density at radius 3 is 2.47 bits per heavy atom. The molecule has 1 aliphatic carbocycles. The third kappa shape index (κ3) is 2.59. The average Bonchev–Trinajstić information content (AvgIpc) is 2.47. The topological polar surface area (TPSA) is 61.6 Å². The quantitative estimate of drug-likeness (QED) is 0.829. The van der Waals surface area contributed by atoms with Gasteiger partial charge in [-0.1, -0.05) is 0 Å². The van der Waals surface area contributed by atoms with Crippen LogP contribution in [0.3, 0.4) is 0 Å². The fraction of sp³-hybridized carbons (Fsp3) is 0.533. The van der Waals surface area contributed by atoms with Crippen LogP contribution < -0.4 is 15.2 Å². The summed E-state index contributed by atoms with van der Waals surface area (Å²) in [5, 5.41) is 0. The molecule has 3 rings (SSSR count). The van der Waals surface area contributed by atoms with Crippen LogP contribution in [0.4, 0.5) is 0 Å². The molecule has 0 aromatic heterocycles. The van der Waals surface area contributed by atoms with Gasteiger partial charge in [0.15, 0.2) is 17.3 Å². The minimum atomic E-state index is 0.113. The summed E-state index contributed by atoms with van der Waals surface area (Å²) in [5.41, 5.74) is 6.61. The molecule has 0 saturated heterocycles. The number of nitrogens with two attached hydrogens (primary N) is 1. The monoisotopic (exact) mass is 261 g/mol. The zero-order valence-electron chi connectivity index (χ0n) is 10.9. The van der Waals surface area contributed by atoms with E-state index >= 15 is 0 Å². The van der Waals surface area contributed by atoms with E-state index in [1.54, 1.807) is 0 Å². The Bertz CT molecular complexity index is 478. The lowest BCUT2D eigenvalue weighted by Gasteiger charge is -2.25. The maximum absolute atomic E-state index is 12.5. The van der Waals surface area contributed by atoms with Gasteiger partial charge < -0.3 is 15.2 Å². The summed E-state index contributed by atoms with van der Waals surface area (Å²) in [6.45, 7) is 1.11. The molecular formula is C15H19NO3. The molecule has 1 aliphatic heterocycles. The van der Waals surface area contributed by atoms with Gasteiger partial charge in [0.05, 0.1) is 0 Å². The molecule has 19 heavy (non-hydrogen) atoms. The Morgan fingerprint density at radius 2 is 1.74 bits per heavy atom. The van der Waals surface area contributed by atoms with Crippen LogP contribution in [0.5, 0.6) is 11.5 Å². The number of ketones is 1. The van der Waals surface area contributed by atoms with Crippen LogP contribution in [-0.2, 0) is 0 Å². The van der Waals surface area contributed by atoms with E-state index < -0.39 is 0 Å². The third-order valence-corrected chi connectivity index (χ3v) is 3.97. The summed E-state index contributed by atoms with van der Waals surface area (Å²) in [6.07, 6.45) is 3.69. The van der Waals surface area contributed by atoms with Crippen molar-refractivity contribution in [3.8, 4) is 11.5 Å². The highest BCUT2D eigenvalue weighted by Gasteiger charge is 2.26. The standard InChI is InChI=1S/C15H19NO3/c16-12-4-1-10(2-5-12)15(17)11-3-6-13-14(9-11)19-8-7-18-13/h3,6,9-10,12H,1-2,4-5,7-8,16H2. The molecule has 0 atom stereocenters. The van der Waals surface area contributed by atoms with Crippen molar-refractivity contribution < 1.29 is 14.3 Å². The van der Waals surface area contributed by atoms with Crippen molar-refractivity contribution in [2.45, 2.75) is 31.7 Å². The number of rotatable bonds is 2. The second kappa shape index (κ2) is 5.21. The molecule has 1 fully saturated rings.